The van der Waals surface area contributed by atoms with E-state index in [0.29, 0.717) is 12.4 Å². The predicted octanol–water partition coefficient (Wildman–Crippen LogP) is 2.03. The molecule has 0 radical (unpaired) electrons. The number of ether oxygens (including phenoxy) is 1. The first-order valence-corrected chi connectivity index (χ1v) is 6.22. The third-order valence-corrected chi connectivity index (χ3v) is 3.50. The Morgan fingerprint density at radius 3 is 2.95 bits per heavy atom. The first kappa shape index (κ1) is 12.5. The number of benzene rings is 1. The number of fused-ring (bicyclic) bond motifs is 1. The molecule has 0 N–H and O–H groups in total. The molecule has 0 atom stereocenters. The number of aromatic nitrogens is 2. The number of imidazole rings is 1. The second-order valence-electron chi connectivity index (χ2n) is 4.66. The maximum Gasteiger partial charge on any atom is 0.406 e. The number of nitrogens with zero attached hydrogens (tertiary/aromatic N) is 4. The molecule has 0 spiro atoms. The Bertz CT molecular complexity index is 680. The zero-order valence-electron chi connectivity index (χ0n) is 11.2. The number of hydrogen-bond donors (Lipinski definition) is 0. The Labute approximate surface area is 115 Å². The number of hydrogen-bond acceptors (Lipinski definition) is 5. The van der Waals surface area contributed by atoms with Crippen LogP contribution in [0.3, 0.4) is 0 Å². The molecule has 2 heterocycles. The van der Waals surface area contributed by atoms with Crippen molar-refractivity contribution in [3.63, 3.8) is 0 Å². The van der Waals surface area contributed by atoms with Gasteiger partial charge in [-0.2, -0.15) is 0 Å². The van der Waals surface area contributed by atoms with Gasteiger partial charge >= 0.3 is 5.82 Å². The van der Waals surface area contributed by atoms with E-state index in [1.54, 1.807) is 18.7 Å². The van der Waals surface area contributed by atoms with Crippen LogP contribution in [0.5, 0.6) is 5.75 Å². The minimum Gasteiger partial charge on any atom is -0.497 e. The van der Waals surface area contributed by atoms with Crippen molar-refractivity contribution in [2.75, 3.05) is 18.6 Å². The van der Waals surface area contributed by atoms with E-state index >= 15 is 0 Å². The maximum absolute atomic E-state index is 11.1. The number of methoxy groups -OCH3 is 1. The average molecular weight is 274 g/mol. The lowest BCUT2D eigenvalue weighted by Gasteiger charge is -2.18. The van der Waals surface area contributed by atoms with Gasteiger partial charge < -0.3 is 19.8 Å². The van der Waals surface area contributed by atoms with Crippen LogP contribution in [0.15, 0.2) is 24.5 Å². The minimum absolute atomic E-state index is 0.115. The van der Waals surface area contributed by atoms with E-state index < -0.39 is 4.92 Å². The smallest absolute Gasteiger partial charge is 0.406 e. The van der Waals surface area contributed by atoms with E-state index in [1.807, 2.05) is 23.1 Å². The highest BCUT2D eigenvalue weighted by molar-refractivity contribution is 5.73. The van der Waals surface area contributed by atoms with Crippen LogP contribution in [0.1, 0.15) is 5.56 Å². The zero-order valence-corrected chi connectivity index (χ0v) is 11.2. The maximum atomic E-state index is 11.1. The van der Waals surface area contributed by atoms with Gasteiger partial charge in [0.15, 0.2) is 0 Å². The number of anilines is 2. The Morgan fingerprint density at radius 2 is 2.25 bits per heavy atom. The highest BCUT2D eigenvalue weighted by Gasteiger charge is 2.30. The molecule has 0 saturated carbocycles. The van der Waals surface area contributed by atoms with Gasteiger partial charge in [0.25, 0.3) is 0 Å². The molecule has 1 aliphatic rings. The molecule has 1 aromatic carbocycles. The summed E-state index contributed by atoms with van der Waals surface area (Å²) in [4.78, 5) is 16.4. The quantitative estimate of drug-likeness (QED) is 0.632. The molecule has 1 aliphatic heterocycles. The summed E-state index contributed by atoms with van der Waals surface area (Å²) in [7, 11) is 3.39. The molecule has 7 heteroatoms. The summed E-state index contributed by atoms with van der Waals surface area (Å²) in [5, 5.41) is 11.1. The lowest BCUT2D eigenvalue weighted by atomic mass is 10.1. The van der Waals surface area contributed by atoms with Gasteiger partial charge in [0.05, 0.1) is 7.11 Å². The summed E-state index contributed by atoms with van der Waals surface area (Å²) in [5.74, 6) is 1.19. The Morgan fingerprint density at radius 1 is 1.45 bits per heavy atom. The van der Waals surface area contributed by atoms with Crippen molar-refractivity contribution < 1.29 is 9.66 Å². The van der Waals surface area contributed by atoms with Gasteiger partial charge in [0.1, 0.15) is 5.75 Å². The molecule has 0 fully saturated rings. The van der Waals surface area contributed by atoms with E-state index in [0.717, 1.165) is 23.4 Å². The van der Waals surface area contributed by atoms with Crippen molar-refractivity contribution in [1.82, 2.24) is 9.55 Å². The molecule has 3 rings (SSSR count). The van der Waals surface area contributed by atoms with Crippen LogP contribution >= 0.6 is 0 Å². The van der Waals surface area contributed by atoms with E-state index in [1.165, 1.54) is 6.33 Å². The first-order chi connectivity index (χ1) is 9.61. The molecular weight excluding hydrogens is 260 g/mol. The van der Waals surface area contributed by atoms with Gasteiger partial charge in [-0.1, -0.05) is 0 Å². The van der Waals surface area contributed by atoms with Gasteiger partial charge in [-0.3, -0.25) is 4.57 Å². The number of aryl methyl sites for hydroxylation is 1. The third kappa shape index (κ3) is 1.78. The monoisotopic (exact) mass is 274 g/mol. The van der Waals surface area contributed by atoms with E-state index in [4.69, 9.17) is 4.74 Å². The molecule has 0 unspecified atom stereocenters. The van der Waals surface area contributed by atoms with Crippen LogP contribution in [0.25, 0.3) is 0 Å². The minimum atomic E-state index is -0.448. The number of rotatable bonds is 3. The second kappa shape index (κ2) is 4.52. The summed E-state index contributed by atoms with van der Waals surface area (Å²) < 4.78 is 6.88. The van der Waals surface area contributed by atoms with Crippen molar-refractivity contribution in [2.45, 2.75) is 6.42 Å². The van der Waals surface area contributed by atoms with Crippen LogP contribution in [-0.4, -0.2) is 28.1 Å². The molecular formula is C13H14N4O3. The lowest BCUT2D eigenvalue weighted by molar-refractivity contribution is -0.388. The van der Waals surface area contributed by atoms with E-state index in [-0.39, 0.29) is 5.82 Å². The second-order valence-corrected chi connectivity index (χ2v) is 4.66. The fourth-order valence-corrected chi connectivity index (χ4v) is 2.58. The van der Waals surface area contributed by atoms with Crippen LogP contribution in [0.2, 0.25) is 0 Å². The summed E-state index contributed by atoms with van der Waals surface area (Å²) in [6, 6.07) is 5.76. The van der Waals surface area contributed by atoms with Gasteiger partial charge in [-0.05, 0) is 40.1 Å². The predicted molar refractivity (Wildman–Crippen MR) is 73.6 cm³/mol. The summed E-state index contributed by atoms with van der Waals surface area (Å²) in [6.07, 6.45) is 2.30. The van der Waals surface area contributed by atoms with Crippen LogP contribution in [0, 0.1) is 10.1 Å². The van der Waals surface area contributed by atoms with Crippen molar-refractivity contribution in [3.05, 3.63) is 40.2 Å². The van der Waals surface area contributed by atoms with Gasteiger partial charge in [0.2, 0.25) is 12.1 Å². The highest BCUT2D eigenvalue weighted by atomic mass is 16.6. The van der Waals surface area contributed by atoms with Crippen molar-refractivity contribution >= 4 is 17.3 Å². The first-order valence-electron chi connectivity index (χ1n) is 6.22. The third-order valence-electron chi connectivity index (χ3n) is 3.50. The molecule has 0 saturated heterocycles. The normalized spacial score (nSPS) is 13.4. The average Bonchev–Trinajstić information content (AvgIpc) is 3.01. The number of nitro groups is 1. The molecule has 1 aromatic heterocycles. The molecule has 0 bridgehead atoms. The fraction of sp³-hybridized carbons (Fsp3) is 0.308. The standard InChI is InChI=1S/C13H14N4O3/c1-15-8-14-12(17(18)19)13(15)16-6-5-9-7-10(20-2)3-4-11(9)16/h3-4,7-8H,5-6H2,1-2H3. The Kier molecular flexibility index (Phi) is 2.81. The fourth-order valence-electron chi connectivity index (χ4n) is 2.58. The summed E-state index contributed by atoms with van der Waals surface area (Å²) in [6.45, 7) is 0.697. The van der Waals surface area contributed by atoms with Crippen LogP contribution in [0.4, 0.5) is 17.3 Å². The Balaban J connectivity index is 2.07. The van der Waals surface area contributed by atoms with Gasteiger partial charge in [-0.15, -0.1) is 0 Å². The molecule has 7 nitrogen and oxygen atoms in total. The largest absolute Gasteiger partial charge is 0.497 e. The highest BCUT2D eigenvalue weighted by Crippen LogP contribution is 2.39. The topological polar surface area (TPSA) is 73.4 Å². The summed E-state index contributed by atoms with van der Waals surface area (Å²) in [5.41, 5.74) is 2.09. The molecule has 104 valence electrons. The molecule has 2 aromatic rings. The Hall–Kier alpha value is -2.57. The van der Waals surface area contributed by atoms with Gasteiger partial charge in [0, 0.05) is 19.3 Å². The van der Waals surface area contributed by atoms with Crippen molar-refractivity contribution in [2.24, 2.45) is 7.05 Å². The molecule has 20 heavy (non-hydrogen) atoms. The van der Waals surface area contributed by atoms with Crippen LogP contribution in [-0.2, 0) is 13.5 Å². The summed E-state index contributed by atoms with van der Waals surface area (Å²) >= 11 is 0. The van der Waals surface area contributed by atoms with Crippen molar-refractivity contribution in [3.8, 4) is 5.75 Å². The molecule has 0 amide bonds. The lowest BCUT2D eigenvalue weighted by Crippen LogP contribution is -2.17. The van der Waals surface area contributed by atoms with Crippen molar-refractivity contribution in [1.29, 1.82) is 0 Å². The van der Waals surface area contributed by atoms with E-state index in [2.05, 4.69) is 4.98 Å². The SMILES string of the molecule is COc1ccc2c(c1)CCN2c1c([N+](=O)[O-])ncn1C. The van der Waals surface area contributed by atoms with Crippen LogP contribution < -0.4 is 9.64 Å². The van der Waals surface area contributed by atoms with Gasteiger partial charge in [-0.25, -0.2) is 0 Å². The molecule has 0 aliphatic carbocycles. The van der Waals surface area contributed by atoms with E-state index in [9.17, 15) is 10.1 Å². The zero-order chi connectivity index (χ0) is 14.3.